The van der Waals surface area contributed by atoms with Gasteiger partial charge in [0, 0.05) is 29.5 Å². The maximum atomic E-state index is 12.3. The Morgan fingerprint density at radius 3 is 2.84 bits per heavy atom. The second kappa shape index (κ2) is 6.53. The van der Waals surface area contributed by atoms with E-state index in [1.165, 1.54) is 5.56 Å². The molecule has 0 bridgehead atoms. The Kier molecular flexibility index (Phi) is 4.99. The molecule has 1 saturated carbocycles. The van der Waals surface area contributed by atoms with Crippen molar-refractivity contribution < 1.29 is 4.79 Å². The van der Waals surface area contributed by atoms with E-state index in [1.807, 2.05) is 24.0 Å². The summed E-state index contributed by atoms with van der Waals surface area (Å²) in [4.78, 5) is 14.3. The third-order valence-corrected chi connectivity index (χ3v) is 3.86. The molecule has 0 radical (unpaired) electrons. The fourth-order valence-electron chi connectivity index (χ4n) is 2.13. The normalized spacial score (nSPS) is 16.2. The highest BCUT2D eigenvalue weighted by atomic mass is 79.9. The number of benzene rings is 1. The van der Waals surface area contributed by atoms with Gasteiger partial charge in [-0.1, -0.05) is 28.1 Å². The Morgan fingerprint density at radius 2 is 2.26 bits per heavy atom. The molecule has 4 heteroatoms. The van der Waals surface area contributed by atoms with Crippen molar-refractivity contribution in [3.8, 4) is 0 Å². The lowest BCUT2D eigenvalue weighted by Gasteiger charge is -2.23. The van der Waals surface area contributed by atoms with Crippen molar-refractivity contribution in [2.24, 2.45) is 5.73 Å². The topological polar surface area (TPSA) is 46.3 Å². The van der Waals surface area contributed by atoms with Gasteiger partial charge < -0.3 is 10.6 Å². The Labute approximate surface area is 123 Å². The Hall–Kier alpha value is -0.870. The minimum atomic E-state index is 0.0934. The summed E-state index contributed by atoms with van der Waals surface area (Å²) >= 11 is 3.47. The lowest BCUT2D eigenvalue weighted by molar-refractivity contribution is -0.132. The summed E-state index contributed by atoms with van der Waals surface area (Å²) in [6, 6.07) is 8.70. The van der Waals surface area contributed by atoms with E-state index in [4.69, 9.17) is 5.73 Å². The number of halogens is 1. The van der Waals surface area contributed by atoms with E-state index in [9.17, 15) is 4.79 Å². The smallest absolute Gasteiger partial charge is 0.223 e. The molecule has 104 valence electrons. The molecule has 0 saturated heterocycles. The van der Waals surface area contributed by atoms with E-state index < -0.39 is 0 Å². The zero-order valence-electron chi connectivity index (χ0n) is 11.3. The Bertz CT molecular complexity index is 444. The summed E-state index contributed by atoms with van der Waals surface area (Å²) in [6.45, 7) is 2.66. The molecule has 0 aliphatic heterocycles. The van der Waals surface area contributed by atoms with Crippen molar-refractivity contribution in [3.05, 3.63) is 34.3 Å². The van der Waals surface area contributed by atoms with Crippen LogP contribution >= 0.6 is 15.9 Å². The van der Waals surface area contributed by atoms with E-state index in [-0.39, 0.29) is 11.9 Å². The number of nitrogens with zero attached hydrogens (tertiary/aromatic N) is 1. The molecule has 1 amide bonds. The molecule has 1 aliphatic carbocycles. The van der Waals surface area contributed by atoms with Gasteiger partial charge in [0.25, 0.3) is 0 Å². The quantitative estimate of drug-likeness (QED) is 0.874. The molecule has 19 heavy (non-hydrogen) atoms. The molecular formula is C15H21BrN2O. The number of carbonyl (C=O) groups excluding carboxylic acids is 1. The predicted molar refractivity (Wildman–Crippen MR) is 80.6 cm³/mol. The molecular weight excluding hydrogens is 304 g/mol. The van der Waals surface area contributed by atoms with Gasteiger partial charge in [0.2, 0.25) is 5.91 Å². The molecule has 1 aromatic rings. The van der Waals surface area contributed by atoms with Gasteiger partial charge in [-0.25, -0.2) is 0 Å². The van der Waals surface area contributed by atoms with Crippen molar-refractivity contribution in [2.45, 2.75) is 51.2 Å². The van der Waals surface area contributed by atoms with E-state index in [0.717, 1.165) is 23.7 Å². The summed E-state index contributed by atoms with van der Waals surface area (Å²) in [5.41, 5.74) is 6.90. The standard InChI is InChI=1S/C15H21BrN2O/c1-11(17)5-8-15(19)18(14-6-7-14)10-12-3-2-4-13(16)9-12/h2-4,9,11,14H,5-8,10,17H2,1H3. The molecule has 3 nitrogen and oxygen atoms in total. The molecule has 0 aromatic heterocycles. The molecule has 1 unspecified atom stereocenters. The monoisotopic (exact) mass is 324 g/mol. The fourth-order valence-corrected chi connectivity index (χ4v) is 2.58. The number of rotatable bonds is 6. The van der Waals surface area contributed by atoms with Gasteiger partial charge in [-0.05, 0) is 43.9 Å². The molecule has 1 atom stereocenters. The number of nitrogens with two attached hydrogens (primary N) is 1. The summed E-state index contributed by atoms with van der Waals surface area (Å²) in [5.74, 6) is 0.236. The van der Waals surface area contributed by atoms with E-state index >= 15 is 0 Å². The lowest BCUT2D eigenvalue weighted by atomic mass is 10.1. The Morgan fingerprint density at radius 1 is 1.53 bits per heavy atom. The maximum Gasteiger partial charge on any atom is 0.223 e. The van der Waals surface area contributed by atoms with Crippen molar-refractivity contribution in [2.75, 3.05) is 0 Å². The van der Waals surface area contributed by atoms with Gasteiger partial charge in [0.15, 0.2) is 0 Å². The van der Waals surface area contributed by atoms with Crippen LogP contribution in [0.3, 0.4) is 0 Å². The minimum absolute atomic E-state index is 0.0934. The fraction of sp³-hybridized carbons (Fsp3) is 0.533. The summed E-state index contributed by atoms with van der Waals surface area (Å²) in [6.07, 6.45) is 3.60. The highest BCUT2D eigenvalue weighted by Gasteiger charge is 2.32. The second-order valence-electron chi connectivity index (χ2n) is 5.40. The molecule has 1 aromatic carbocycles. The molecule has 0 spiro atoms. The van der Waals surface area contributed by atoms with Gasteiger partial charge >= 0.3 is 0 Å². The van der Waals surface area contributed by atoms with E-state index in [0.29, 0.717) is 19.0 Å². The molecule has 2 N–H and O–H groups in total. The van der Waals surface area contributed by atoms with Gasteiger partial charge in [0.05, 0.1) is 0 Å². The van der Waals surface area contributed by atoms with Crippen LogP contribution in [0.1, 0.15) is 38.2 Å². The molecule has 2 rings (SSSR count). The van der Waals surface area contributed by atoms with Crippen LogP contribution in [0.4, 0.5) is 0 Å². The first-order chi connectivity index (χ1) is 9.06. The second-order valence-corrected chi connectivity index (χ2v) is 6.31. The first kappa shape index (κ1) is 14.5. The van der Waals surface area contributed by atoms with Gasteiger partial charge in [-0.2, -0.15) is 0 Å². The zero-order valence-corrected chi connectivity index (χ0v) is 12.9. The highest BCUT2D eigenvalue weighted by molar-refractivity contribution is 9.10. The summed E-state index contributed by atoms with van der Waals surface area (Å²) in [5, 5.41) is 0. The average Bonchev–Trinajstić information content (AvgIpc) is 3.17. The van der Waals surface area contributed by atoms with Crippen LogP contribution in [-0.2, 0) is 11.3 Å². The van der Waals surface area contributed by atoms with Gasteiger partial charge in [-0.3, -0.25) is 4.79 Å². The van der Waals surface area contributed by atoms with E-state index in [1.54, 1.807) is 0 Å². The Balaban J connectivity index is 1.98. The van der Waals surface area contributed by atoms with Crippen molar-refractivity contribution in [1.29, 1.82) is 0 Å². The molecule has 1 fully saturated rings. The molecule has 1 aliphatic rings. The van der Waals surface area contributed by atoms with Crippen LogP contribution in [0.2, 0.25) is 0 Å². The van der Waals surface area contributed by atoms with Crippen LogP contribution in [0.15, 0.2) is 28.7 Å². The average molecular weight is 325 g/mol. The SMILES string of the molecule is CC(N)CCC(=O)N(Cc1cccc(Br)c1)C1CC1. The predicted octanol–water partition coefficient (Wildman–Crippen LogP) is 3.07. The van der Waals surface area contributed by atoms with Crippen LogP contribution in [0.25, 0.3) is 0 Å². The largest absolute Gasteiger partial charge is 0.335 e. The highest BCUT2D eigenvalue weighted by Crippen LogP contribution is 2.29. The van der Waals surface area contributed by atoms with Crippen molar-refractivity contribution in [3.63, 3.8) is 0 Å². The van der Waals surface area contributed by atoms with Crippen LogP contribution in [-0.4, -0.2) is 22.9 Å². The van der Waals surface area contributed by atoms with Crippen LogP contribution in [0, 0.1) is 0 Å². The summed E-state index contributed by atoms with van der Waals surface area (Å²) < 4.78 is 1.06. The van der Waals surface area contributed by atoms with Crippen LogP contribution in [0.5, 0.6) is 0 Å². The maximum absolute atomic E-state index is 12.3. The number of amides is 1. The first-order valence-electron chi connectivity index (χ1n) is 6.86. The van der Waals surface area contributed by atoms with Gasteiger partial charge in [0.1, 0.15) is 0 Å². The van der Waals surface area contributed by atoms with Crippen LogP contribution < -0.4 is 5.73 Å². The van der Waals surface area contributed by atoms with Crippen molar-refractivity contribution in [1.82, 2.24) is 4.90 Å². The van der Waals surface area contributed by atoms with Gasteiger partial charge in [-0.15, -0.1) is 0 Å². The number of carbonyl (C=O) groups is 1. The van der Waals surface area contributed by atoms with Crippen molar-refractivity contribution >= 4 is 21.8 Å². The first-order valence-corrected chi connectivity index (χ1v) is 7.65. The summed E-state index contributed by atoms with van der Waals surface area (Å²) in [7, 11) is 0. The third kappa shape index (κ3) is 4.62. The number of hydrogen-bond acceptors (Lipinski definition) is 2. The zero-order chi connectivity index (χ0) is 13.8. The third-order valence-electron chi connectivity index (χ3n) is 3.36. The molecule has 0 heterocycles. The van der Waals surface area contributed by atoms with E-state index in [2.05, 4.69) is 28.1 Å². The lowest BCUT2D eigenvalue weighted by Crippen LogP contribution is -2.33. The number of hydrogen-bond donors (Lipinski definition) is 1. The minimum Gasteiger partial charge on any atom is -0.335 e.